The maximum absolute atomic E-state index is 13.3. The first-order chi connectivity index (χ1) is 18.7. The summed E-state index contributed by atoms with van der Waals surface area (Å²) < 4.78 is 27.2. The molecule has 0 bridgehead atoms. The Kier molecular flexibility index (Phi) is 8.36. The van der Waals surface area contributed by atoms with Crippen LogP contribution in [0.2, 0.25) is 0 Å². The minimum Gasteiger partial charge on any atom is -0.469 e. The van der Waals surface area contributed by atoms with E-state index in [0.29, 0.717) is 28.1 Å². The topological polar surface area (TPSA) is 128 Å². The predicted octanol–water partition coefficient (Wildman–Crippen LogP) is 5.31. The van der Waals surface area contributed by atoms with Crippen molar-refractivity contribution in [3.63, 3.8) is 0 Å². The number of aromatic nitrogens is 1. The molecule has 0 fully saturated rings. The summed E-state index contributed by atoms with van der Waals surface area (Å²) in [6.07, 6.45) is 6.54. The van der Waals surface area contributed by atoms with Crippen molar-refractivity contribution in [3.05, 3.63) is 102 Å². The molecule has 0 aliphatic rings. The Bertz CT molecular complexity index is 1650. The molecular weight excluding hydrogens is 518 g/mol. The standard InChI is InChI=1S/C29H27N3O6S/c1-19-13-14-38-27(19)29(35)31-24-6-4-5-21(16-24)22-15-23(18-30-17-22)28(34)32-39(3,36)25-10-7-20(8-11-25)9-12-26(33)37-2/h4-8,10-11,13-18H,9,12H2,1-3H3,(H,31,35). The molecule has 2 amide bonds. The largest absolute Gasteiger partial charge is 0.469 e. The van der Waals surface area contributed by atoms with Crippen molar-refractivity contribution in [2.45, 2.75) is 24.7 Å². The number of carbonyl (C=O) groups excluding carboxylic acids is 3. The van der Waals surface area contributed by atoms with E-state index < -0.39 is 15.6 Å². The van der Waals surface area contributed by atoms with E-state index in [1.54, 1.807) is 67.7 Å². The summed E-state index contributed by atoms with van der Waals surface area (Å²) in [6, 6.07) is 17.2. The first-order valence-electron chi connectivity index (χ1n) is 12.0. The zero-order valence-corrected chi connectivity index (χ0v) is 22.5. The van der Waals surface area contributed by atoms with Gasteiger partial charge in [0.1, 0.15) is 0 Å². The molecule has 0 saturated heterocycles. The van der Waals surface area contributed by atoms with Gasteiger partial charge in [0.15, 0.2) is 5.76 Å². The summed E-state index contributed by atoms with van der Waals surface area (Å²) in [4.78, 5) is 41.4. The van der Waals surface area contributed by atoms with E-state index in [4.69, 9.17) is 4.42 Å². The van der Waals surface area contributed by atoms with Crippen LogP contribution in [0.3, 0.4) is 0 Å². The number of carbonyl (C=O) groups is 3. The Balaban J connectivity index is 1.51. The van der Waals surface area contributed by atoms with Gasteiger partial charge >= 0.3 is 5.97 Å². The Morgan fingerprint density at radius 3 is 2.49 bits per heavy atom. The molecule has 39 heavy (non-hydrogen) atoms. The number of pyridine rings is 1. The lowest BCUT2D eigenvalue weighted by Crippen LogP contribution is -2.12. The van der Waals surface area contributed by atoms with E-state index in [-0.39, 0.29) is 29.6 Å². The molecule has 10 heteroatoms. The van der Waals surface area contributed by atoms with E-state index in [2.05, 4.69) is 19.4 Å². The van der Waals surface area contributed by atoms with Gasteiger partial charge in [-0.3, -0.25) is 19.4 Å². The van der Waals surface area contributed by atoms with Gasteiger partial charge in [-0.25, -0.2) is 4.21 Å². The van der Waals surface area contributed by atoms with Crippen LogP contribution in [-0.2, 0) is 25.7 Å². The number of hydrogen-bond donors (Lipinski definition) is 1. The van der Waals surface area contributed by atoms with Crippen LogP contribution in [0.4, 0.5) is 5.69 Å². The molecule has 200 valence electrons. The van der Waals surface area contributed by atoms with Gasteiger partial charge in [0.2, 0.25) is 0 Å². The highest BCUT2D eigenvalue weighted by molar-refractivity contribution is 7.93. The molecule has 0 radical (unpaired) electrons. The summed E-state index contributed by atoms with van der Waals surface area (Å²) in [5.41, 5.74) is 3.66. The van der Waals surface area contributed by atoms with Gasteiger partial charge in [0, 0.05) is 46.8 Å². The number of aryl methyl sites for hydroxylation is 2. The van der Waals surface area contributed by atoms with Crippen LogP contribution in [0.5, 0.6) is 0 Å². The molecular formula is C29H27N3O6S. The maximum atomic E-state index is 13.3. The van der Waals surface area contributed by atoms with Crippen LogP contribution in [0.1, 0.15) is 38.5 Å². The third-order valence-electron chi connectivity index (χ3n) is 5.97. The fourth-order valence-electron chi connectivity index (χ4n) is 3.81. The molecule has 9 nitrogen and oxygen atoms in total. The van der Waals surface area contributed by atoms with Gasteiger partial charge < -0.3 is 14.5 Å². The lowest BCUT2D eigenvalue weighted by atomic mass is 10.1. The fraction of sp³-hybridized carbons (Fsp3) is 0.172. The number of benzene rings is 2. The predicted molar refractivity (Wildman–Crippen MR) is 147 cm³/mol. The van der Waals surface area contributed by atoms with E-state index in [1.165, 1.54) is 25.8 Å². The lowest BCUT2D eigenvalue weighted by molar-refractivity contribution is -0.140. The molecule has 0 aliphatic heterocycles. The normalized spacial score (nSPS) is 12.3. The van der Waals surface area contributed by atoms with E-state index >= 15 is 0 Å². The number of rotatable bonds is 8. The molecule has 1 unspecified atom stereocenters. The molecule has 2 heterocycles. The van der Waals surface area contributed by atoms with Crippen molar-refractivity contribution in [2.24, 2.45) is 4.36 Å². The number of ether oxygens (including phenoxy) is 1. The van der Waals surface area contributed by atoms with Gasteiger partial charge in [-0.05, 0) is 60.9 Å². The van der Waals surface area contributed by atoms with Crippen LogP contribution in [0.15, 0.2) is 93.0 Å². The first-order valence-corrected chi connectivity index (χ1v) is 13.9. The summed E-state index contributed by atoms with van der Waals surface area (Å²) in [5.74, 6) is -1.11. The van der Waals surface area contributed by atoms with E-state index in [0.717, 1.165) is 11.1 Å². The number of anilines is 1. The van der Waals surface area contributed by atoms with Gasteiger partial charge in [-0.2, -0.15) is 4.36 Å². The van der Waals surface area contributed by atoms with Crippen LogP contribution in [-0.4, -0.2) is 40.3 Å². The van der Waals surface area contributed by atoms with E-state index in [9.17, 15) is 18.6 Å². The van der Waals surface area contributed by atoms with Crippen molar-refractivity contribution in [1.82, 2.24) is 4.98 Å². The second-order valence-electron chi connectivity index (χ2n) is 8.85. The minimum absolute atomic E-state index is 0.178. The molecule has 2 aromatic carbocycles. The van der Waals surface area contributed by atoms with E-state index in [1.807, 2.05) is 6.07 Å². The van der Waals surface area contributed by atoms with Crippen LogP contribution < -0.4 is 5.32 Å². The lowest BCUT2D eigenvalue weighted by Gasteiger charge is -2.08. The quantitative estimate of drug-likeness (QED) is 0.297. The van der Waals surface area contributed by atoms with Crippen LogP contribution in [0, 0.1) is 6.92 Å². The first kappa shape index (κ1) is 27.5. The molecule has 4 aromatic rings. The Hall–Kier alpha value is -4.57. The number of nitrogens with one attached hydrogen (secondary N) is 1. The molecule has 4 rings (SSSR count). The fourth-order valence-corrected chi connectivity index (χ4v) is 4.97. The number of furan rings is 1. The highest BCUT2D eigenvalue weighted by Gasteiger charge is 2.15. The molecule has 1 N–H and O–H groups in total. The highest BCUT2D eigenvalue weighted by atomic mass is 32.2. The number of methoxy groups -OCH3 is 1. The summed E-state index contributed by atoms with van der Waals surface area (Å²) in [5, 5.41) is 2.80. The zero-order chi connectivity index (χ0) is 28.0. The minimum atomic E-state index is -3.03. The molecule has 2 aromatic heterocycles. The van der Waals surface area contributed by atoms with Gasteiger partial charge in [-0.15, -0.1) is 0 Å². The number of hydrogen-bond acceptors (Lipinski definition) is 7. The zero-order valence-electron chi connectivity index (χ0n) is 21.7. The van der Waals surface area contributed by atoms with Crippen molar-refractivity contribution < 1.29 is 27.7 Å². The average Bonchev–Trinajstić information content (AvgIpc) is 3.38. The highest BCUT2D eigenvalue weighted by Crippen LogP contribution is 2.24. The second-order valence-corrected chi connectivity index (χ2v) is 11.1. The third-order valence-corrected chi connectivity index (χ3v) is 7.63. The van der Waals surface area contributed by atoms with Crippen molar-refractivity contribution in [1.29, 1.82) is 0 Å². The molecule has 0 spiro atoms. The van der Waals surface area contributed by atoms with Crippen molar-refractivity contribution >= 4 is 33.2 Å². The molecule has 1 atom stereocenters. The Labute approximate surface area is 226 Å². The smallest absolute Gasteiger partial charge is 0.305 e. The summed E-state index contributed by atoms with van der Waals surface area (Å²) in [6.45, 7) is 1.78. The monoisotopic (exact) mass is 545 g/mol. The maximum Gasteiger partial charge on any atom is 0.305 e. The van der Waals surface area contributed by atoms with Gasteiger partial charge in [0.05, 0.1) is 28.7 Å². The SMILES string of the molecule is COC(=O)CCc1ccc(S(C)(=O)=NC(=O)c2cncc(-c3cccc(NC(=O)c4occc4C)c3)c2)cc1. The Morgan fingerprint density at radius 1 is 1.03 bits per heavy atom. The Morgan fingerprint density at radius 2 is 1.79 bits per heavy atom. The molecule has 0 aliphatic carbocycles. The van der Waals surface area contributed by atoms with Gasteiger partial charge in [0.25, 0.3) is 11.8 Å². The number of amides is 2. The second kappa shape index (κ2) is 11.9. The summed E-state index contributed by atoms with van der Waals surface area (Å²) >= 11 is 0. The summed E-state index contributed by atoms with van der Waals surface area (Å²) in [7, 11) is -1.70. The van der Waals surface area contributed by atoms with Gasteiger partial charge in [-0.1, -0.05) is 24.3 Å². The van der Waals surface area contributed by atoms with Crippen LogP contribution in [0.25, 0.3) is 11.1 Å². The third kappa shape index (κ3) is 6.85. The van der Waals surface area contributed by atoms with Crippen molar-refractivity contribution in [2.75, 3.05) is 18.7 Å². The van der Waals surface area contributed by atoms with Crippen LogP contribution >= 0.6 is 0 Å². The number of esters is 1. The number of nitrogens with zero attached hydrogens (tertiary/aromatic N) is 2. The van der Waals surface area contributed by atoms with Crippen molar-refractivity contribution in [3.8, 4) is 11.1 Å². The average molecular weight is 546 g/mol. The molecule has 0 saturated carbocycles.